The van der Waals surface area contributed by atoms with Gasteiger partial charge in [0.1, 0.15) is 5.78 Å². The number of carboxylic acid groups (broad SMARTS) is 1. The van der Waals surface area contributed by atoms with Crippen LogP contribution in [-0.4, -0.2) is 16.9 Å². The zero-order chi connectivity index (χ0) is 11.6. The van der Waals surface area contributed by atoms with Crippen molar-refractivity contribution in [2.75, 3.05) is 0 Å². The van der Waals surface area contributed by atoms with Crippen LogP contribution in [0.2, 0.25) is 0 Å². The SMILES string of the molecule is CC(=O)C(Br)c1cc(S)ccc1C(=O)O. The molecule has 0 saturated heterocycles. The van der Waals surface area contributed by atoms with E-state index in [1.807, 2.05) is 0 Å². The largest absolute Gasteiger partial charge is 0.478 e. The molecule has 1 rings (SSSR count). The van der Waals surface area contributed by atoms with Gasteiger partial charge in [0, 0.05) is 4.90 Å². The second-order valence-electron chi connectivity index (χ2n) is 3.05. The molecule has 5 heteroatoms. The van der Waals surface area contributed by atoms with Crippen LogP contribution in [0.15, 0.2) is 23.1 Å². The monoisotopic (exact) mass is 288 g/mol. The molecule has 80 valence electrons. The van der Waals surface area contributed by atoms with Gasteiger partial charge in [0.25, 0.3) is 0 Å². The summed E-state index contributed by atoms with van der Waals surface area (Å²) < 4.78 is 0. The molecule has 0 saturated carbocycles. The van der Waals surface area contributed by atoms with E-state index in [1.165, 1.54) is 13.0 Å². The van der Waals surface area contributed by atoms with Gasteiger partial charge in [-0.2, -0.15) is 0 Å². The van der Waals surface area contributed by atoms with Gasteiger partial charge in [0.15, 0.2) is 0 Å². The molecular formula is C10H9BrO3S. The predicted octanol–water partition coefficient (Wildman–Crippen LogP) is 2.70. The summed E-state index contributed by atoms with van der Waals surface area (Å²) in [5.74, 6) is -1.19. The summed E-state index contributed by atoms with van der Waals surface area (Å²) in [7, 11) is 0. The molecule has 0 amide bonds. The van der Waals surface area contributed by atoms with E-state index in [1.54, 1.807) is 12.1 Å². The van der Waals surface area contributed by atoms with Gasteiger partial charge in [0.05, 0.1) is 10.4 Å². The highest BCUT2D eigenvalue weighted by Gasteiger charge is 2.20. The minimum atomic E-state index is -1.05. The third-order valence-corrected chi connectivity index (χ3v) is 3.31. The number of hydrogen-bond donors (Lipinski definition) is 2. The normalized spacial score (nSPS) is 12.2. The number of aromatic carboxylic acids is 1. The molecule has 1 atom stereocenters. The highest BCUT2D eigenvalue weighted by atomic mass is 79.9. The summed E-state index contributed by atoms with van der Waals surface area (Å²) in [6.07, 6.45) is 0. The molecule has 15 heavy (non-hydrogen) atoms. The first-order chi connectivity index (χ1) is 6.93. The number of benzene rings is 1. The summed E-state index contributed by atoms with van der Waals surface area (Å²) in [5, 5.41) is 8.93. The Bertz CT molecular complexity index is 417. The number of carbonyl (C=O) groups excluding carboxylic acids is 1. The number of thiol groups is 1. The third-order valence-electron chi connectivity index (χ3n) is 1.90. The van der Waals surface area contributed by atoms with Crippen molar-refractivity contribution >= 4 is 40.3 Å². The maximum atomic E-state index is 11.2. The highest BCUT2D eigenvalue weighted by Crippen LogP contribution is 2.28. The van der Waals surface area contributed by atoms with Crippen molar-refractivity contribution in [2.45, 2.75) is 16.6 Å². The van der Waals surface area contributed by atoms with E-state index in [0.717, 1.165) is 0 Å². The molecule has 0 radical (unpaired) electrons. The molecule has 0 spiro atoms. The quantitative estimate of drug-likeness (QED) is 0.664. The van der Waals surface area contributed by atoms with E-state index in [0.29, 0.717) is 10.5 Å². The van der Waals surface area contributed by atoms with Gasteiger partial charge in [-0.1, -0.05) is 15.9 Å². The molecule has 0 bridgehead atoms. The topological polar surface area (TPSA) is 54.4 Å². The molecule has 0 aliphatic carbocycles. The van der Waals surface area contributed by atoms with Crippen molar-refractivity contribution < 1.29 is 14.7 Å². The van der Waals surface area contributed by atoms with Crippen LogP contribution in [0.25, 0.3) is 0 Å². The van der Waals surface area contributed by atoms with Gasteiger partial charge in [0.2, 0.25) is 0 Å². The number of alkyl halides is 1. The predicted molar refractivity (Wildman–Crippen MR) is 63.0 cm³/mol. The van der Waals surface area contributed by atoms with Crippen LogP contribution in [0.5, 0.6) is 0 Å². The Labute approximate surface area is 101 Å². The lowest BCUT2D eigenvalue weighted by atomic mass is 10.0. The lowest BCUT2D eigenvalue weighted by Crippen LogP contribution is -2.08. The fraction of sp³-hybridized carbons (Fsp3) is 0.200. The minimum absolute atomic E-state index is 0.116. The van der Waals surface area contributed by atoms with Crippen molar-refractivity contribution in [3.8, 4) is 0 Å². The highest BCUT2D eigenvalue weighted by molar-refractivity contribution is 9.09. The first-order valence-corrected chi connectivity index (χ1v) is 5.50. The summed E-state index contributed by atoms with van der Waals surface area (Å²) in [6.45, 7) is 1.40. The molecule has 0 fully saturated rings. The molecule has 0 aromatic heterocycles. The van der Waals surface area contributed by atoms with Crippen LogP contribution in [0, 0.1) is 0 Å². The summed E-state index contributed by atoms with van der Waals surface area (Å²) >= 11 is 7.26. The molecule has 0 heterocycles. The fourth-order valence-electron chi connectivity index (χ4n) is 1.17. The molecule has 1 unspecified atom stereocenters. The van der Waals surface area contributed by atoms with Gasteiger partial charge in [-0.3, -0.25) is 4.79 Å². The van der Waals surface area contributed by atoms with Gasteiger partial charge in [-0.05, 0) is 30.7 Å². The Morgan fingerprint density at radius 3 is 2.53 bits per heavy atom. The number of rotatable bonds is 3. The standard InChI is InChI=1S/C10H9BrO3S/c1-5(12)9(11)8-4-6(15)2-3-7(8)10(13)14/h2-4,9,15H,1H3,(H,13,14). The van der Waals surface area contributed by atoms with E-state index >= 15 is 0 Å². The summed E-state index contributed by atoms with van der Waals surface area (Å²) in [6, 6.07) is 4.60. The average molecular weight is 289 g/mol. The van der Waals surface area contributed by atoms with Crippen LogP contribution in [0.3, 0.4) is 0 Å². The smallest absolute Gasteiger partial charge is 0.336 e. The molecule has 1 N–H and O–H groups in total. The Morgan fingerprint density at radius 1 is 1.47 bits per heavy atom. The van der Waals surface area contributed by atoms with Crippen molar-refractivity contribution in [1.82, 2.24) is 0 Å². The molecule has 1 aromatic rings. The molecule has 0 aliphatic rings. The first-order valence-electron chi connectivity index (χ1n) is 4.14. The first kappa shape index (κ1) is 12.3. The Hall–Kier alpha value is -0.810. The van der Waals surface area contributed by atoms with E-state index in [9.17, 15) is 9.59 Å². The van der Waals surface area contributed by atoms with Crippen molar-refractivity contribution in [2.24, 2.45) is 0 Å². The van der Waals surface area contributed by atoms with Crippen molar-refractivity contribution in [3.05, 3.63) is 29.3 Å². The van der Waals surface area contributed by atoms with Gasteiger partial charge in [-0.25, -0.2) is 4.79 Å². The maximum Gasteiger partial charge on any atom is 0.336 e. The minimum Gasteiger partial charge on any atom is -0.478 e. The van der Waals surface area contributed by atoms with Gasteiger partial charge in [-0.15, -0.1) is 12.6 Å². The lowest BCUT2D eigenvalue weighted by Gasteiger charge is -2.10. The average Bonchev–Trinajstić information content (AvgIpc) is 2.15. The number of ketones is 1. The third kappa shape index (κ3) is 2.82. The van der Waals surface area contributed by atoms with E-state index in [2.05, 4.69) is 28.6 Å². The van der Waals surface area contributed by atoms with E-state index in [-0.39, 0.29) is 11.3 Å². The lowest BCUT2D eigenvalue weighted by molar-refractivity contribution is -0.116. The molecule has 0 aliphatic heterocycles. The van der Waals surface area contributed by atoms with Crippen LogP contribution >= 0.6 is 28.6 Å². The van der Waals surface area contributed by atoms with Crippen molar-refractivity contribution in [3.63, 3.8) is 0 Å². The molecule has 1 aromatic carbocycles. The maximum absolute atomic E-state index is 11.2. The number of carboxylic acids is 1. The van der Waals surface area contributed by atoms with Crippen LogP contribution < -0.4 is 0 Å². The van der Waals surface area contributed by atoms with Gasteiger partial charge >= 0.3 is 5.97 Å². The fourth-order valence-corrected chi connectivity index (χ4v) is 1.77. The Morgan fingerprint density at radius 2 is 2.07 bits per heavy atom. The second kappa shape index (κ2) is 4.81. The zero-order valence-electron chi connectivity index (χ0n) is 7.90. The summed E-state index contributed by atoms with van der Waals surface area (Å²) in [5.41, 5.74) is 0.548. The van der Waals surface area contributed by atoms with Crippen molar-refractivity contribution in [1.29, 1.82) is 0 Å². The zero-order valence-corrected chi connectivity index (χ0v) is 10.4. The molecule has 3 nitrogen and oxygen atoms in total. The summed E-state index contributed by atoms with van der Waals surface area (Å²) in [4.78, 5) is 22.1. The van der Waals surface area contributed by atoms with Crippen LogP contribution in [-0.2, 0) is 4.79 Å². The number of hydrogen-bond acceptors (Lipinski definition) is 3. The Kier molecular flexibility index (Phi) is 3.93. The number of Topliss-reactive ketones (excluding diaryl/α,β-unsaturated/α-hetero) is 1. The number of halogens is 1. The second-order valence-corrected chi connectivity index (χ2v) is 4.48. The number of carbonyl (C=O) groups is 2. The molecular weight excluding hydrogens is 280 g/mol. The van der Waals surface area contributed by atoms with Crippen LogP contribution in [0.4, 0.5) is 0 Å². The van der Waals surface area contributed by atoms with E-state index < -0.39 is 10.8 Å². The van der Waals surface area contributed by atoms with E-state index in [4.69, 9.17) is 5.11 Å². The van der Waals surface area contributed by atoms with Crippen LogP contribution in [0.1, 0.15) is 27.7 Å². The van der Waals surface area contributed by atoms with Gasteiger partial charge < -0.3 is 5.11 Å². The Balaban J connectivity index is 3.30.